The third-order valence-electron chi connectivity index (χ3n) is 12.1. The smallest absolute Gasteiger partial charge is 0.259 e. The lowest BCUT2D eigenvalue weighted by atomic mass is 10.1. The highest BCUT2D eigenvalue weighted by Gasteiger charge is 2.51. The zero-order chi connectivity index (χ0) is 39.4. The molecule has 1 aliphatic heterocycles. The lowest BCUT2D eigenvalue weighted by Crippen LogP contribution is -2.70. The van der Waals surface area contributed by atoms with E-state index in [9.17, 15) is 0 Å². The second-order valence-corrected chi connectivity index (χ2v) is 18.9. The summed E-state index contributed by atoms with van der Waals surface area (Å²) in [5, 5.41) is 7.86. The Morgan fingerprint density at radius 1 is 0.400 bits per heavy atom. The van der Waals surface area contributed by atoms with Crippen LogP contribution in [0.1, 0.15) is 0 Å². The largest absolute Gasteiger partial charge is 0.455 e. The van der Waals surface area contributed by atoms with Gasteiger partial charge >= 0.3 is 0 Å². The summed E-state index contributed by atoms with van der Waals surface area (Å²) in [6, 6.07) is 65.6. The number of benzene rings is 8. The molecule has 13 rings (SSSR count). The van der Waals surface area contributed by atoms with Gasteiger partial charge in [0.25, 0.3) is 8.24 Å². The molecule has 0 spiro atoms. The van der Waals surface area contributed by atoms with E-state index in [0.717, 1.165) is 83.0 Å². The first-order chi connectivity index (χ1) is 29.7. The Morgan fingerprint density at radius 2 is 0.933 bits per heavy atom. The summed E-state index contributed by atoms with van der Waals surface area (Å²) in [4.78, 5) is 21.2. The number of fused-ring (bicyclic) bond motifs is 11. The number of furan rings is 2. The normalized spacial score (nSPS) is 14.7. The lowest BCUT2D eigenvalue weighted by Gasteiger charge is -2.32. The molecule has 4 aromatic heterocycles. The van der Waals surface area contributed by atoms with E-state index in [4.69, 9.17) is 28.8 Å². The average Bonchev–Trinajstić information content (AvgIpc) is 4.07. The molecule has 280 valence electrons. The van der Waals surface area contributed by atoms with Crippen LogP contribution < -0.4 is 15.6 Å². The van der Waals surface area contributed by atoms with E-state index in [1.54, 1.807) is 0 Å². The highest BCUT2D eigenvalue weighted by molar-refractivity contribution is 7.12. The number of nitrogens with zero attached hydrogens (tertiary/aromatic N) is 5. The minimum Gasteiger partial charge on any atom is -0.455 e. The Kier molecular flexibility index (Phi) is 6.90. The molecule has 5 heterocycles. The van der Waals surface area contributed by atoms with Crippen molar-refractivity contribution in [2.24, 2.45) is 0 Å². The van der Waals surface area contributed by atoms with E-state index in [1.165, 1.54) is 15.6 Å². The molecule has 0 saturated heterocycles. The molecule has 0 aliphatic carbocycles. The molecule has 7 nitrogen and oxygen atoms in total. The molecular weight excluding hydrogens is 755 g/mol. The summed E-state index contributed by atoms with van der Waals surface area (Å²) in [5.41, 5.74) is 8.81. The number of para-hydroxylation sites is 6. The maximum Gasteiger partial charge on any atom is 0.259 e. The molecule has 0 N–H and O–H groups in total. The van der Waals surface area contributed by atoms with E-state index in [0.29, 0.717) is 17.5 Å². The van der Waals surface area contributed by atoms with Crippen LogP contribution in [0.25, 0.3) is 100 Å². The first-order valence-corrected chi connectivity index (χ1v) is 22.0. The van der Waals surface area contributed by atoms with E-state index in [-0.39, 0.29) is 0 Å². The van der Waals surface area contributed by atoms with Gasteiger partial charge in [0, 0.05) is 32.7 Å². The second-order valence-electron chi connectivity index (χ2n) is 15.3. The molecule has 0 fully saturated rings. The molecule has 0 saturated carbocycles. The van der Waals surface area contributed by atoms with Gasteiger partial charge in [-0.1, -0.05) is 146 Å². The van der Waals surface area contributed by atoms with Crippen LogP contribution in [-0.4, -0.2) is 32.4 Å². The third-order valence-corrected chi connectivity index (χ3v) is 16.8. The Labute approximate surface area is 344 Å². The van der Waals surface area contributed by atoms with Gasteiger partial charge < -0.3 is 13.1 Å². The monoisotopic (exact) mass is 785 g/mol. The number of hydrogen-bond donors (Lipinski definition) is 0. The first kappa shape index (κ1) is 33.1. The first-order valence-electron chi connectivity index (χ1n) is 20.1. The van der Waals surface area contributed by atoms with E-state index >= 15 is 0 Å². The number of imidazole rings is 1. The van der Waals surface area contributed by atoms with Crippen LogP contribution in [0.4, 0.5) is 0 Å². The third kappa shape index (κ3) is 4.59. The van der Waals surface area contributed by atoms with E-state index < -0.39 is 8.24 Å². The summed E-state index contributed by atoms with van der Waals surface area (Å²) in [7, 11) is -3.01. The molecule has 1 unspecified atom stereocenters. The van der Waals surface area contributed by atoms with Gasteiger partial charge in [0.1, 0.15) is 28.2 Å². The van der Waals surface area contributed by atoms with Gasteiger partial charge in [-0.05, 0) is 58.0 Å². The Hall–Kier alpha value is -7.94. The van der Waals surface area contributed by atoms with Crippen molar-refractivity contribution in [3.8, 4) is 45.6 Å². The molecule has 0 amide bonds. The van der Waals surface area contributed by atoms with Gasteiger partial charge in [-0.25, -0.2) is 19.9 Å². The van der Waals surface area contributed by atoms with Crippen LogP contribution in [0.15, 0.2) is 197 Å². The highest BCUT2D eigenvalue weighted by Crippen LogP contribution is 2.39. The molecule has 12 aromatic rings. The molecule has 0 bridgehead atoms. The van der Waals surface area contributed by atoms with E-state index in [2.05, 4.69) is 132 Å². The zero-order valence-corrected chi connectivity index (χ0v) is 33.0. The van der Waals surface area contributed by atoms with Crippen LogP contribution in [0.5, 0.6) is 0 Å². The molecular formula is C52H31N5O2Si. The lowest BCUT2D eigenvalue weighted by molar-refractivity contribution is 0.669. The molecule has 0 radical (unpaired) electrons. The molecule has 60 heavy (non-hydrogen) atoms. The summed E-state index contributed by atoms with van der Waals surface area (Å²) < 4.78 is 15.7. The predicted octanol–water partition coefficient (Wildman–Crippen LogP) is 10.5. The minimum absolute atomic E-state index is 0.516. The van der Waals surface area contributed by atoms with Crippen molar-refractivity contribution in [1.82, 2.24) is 24.2 Å². The topological polar surface area (TPSA) is 82.8 Å². The van der Waals surface area contributed by atoms with Gasteiger partial charge in [-0.3, -0.25) is 0 Å². The van der Waals surface area contributed by atoms with Gasteiger partial charge in [-0.2, -0.15) is 0 Å². The van der Waals surface area contributed by atoms with Crippen LogP contribution in [0.3, 0.4) is 0 Å². The molecule has 8 heteroatoms. The average molecular weight is 786 g/mol. The Morgan fingerprint density at radius 3 is 1.65 bits per heavy atom. The summed E-state index contributed by atoms with van der Waals surface area (Å²) in [6.07, 6.45) is 0. The van der Waals surface area contributed by atoms with Crippen LogP contribution in [0.2, 0.25) is 0 Å². The van der Waals surface area contributed by atoms with Gasteiger partial charge in [0.2, 0.25) is 0 Å². The fourth-order valence-corrected chi connectivity index (χ4v) is 14.6. The Bertz CT molecular complexity index is 3570. The quantitative estimate of drug-likeness (QED) is 0.162. The van der Waals surface area contributed by atoms with Crippen LogP contribution >= 0.6 is 0 Å². The zero-order valence-electron chi connectivity index (χ0n) is 32.0. The Balaban J connectivity index is 1.09. The maximum atomic E-state index is 6.56. The summed E-state index contributed by atoms with van der Waals surface area (Å²) in [6.45, 7) is 0. The maximum absolute atomic E-state index is 6.56. The van der Waals surface area contributed by atoms with Crippen molar-refractivity contribution in [1.29, 1.82) is 0 Å². The predicted molar refractivity (Wildman–Crippen MR) is 242 cm³/mol. The summed E-state index contributed by atoms with van der Waals surface area (Å²) >= 11 is 0. The van der Waals surface area contributed by atoms with Gasteiger partial charge in [-0.15, -0.1) is 0 Å². The van der Waals surface area contributed by atoms with Gasteiger partial charge in [0.05, 0.1) is 22.2 Å². The van der Waals surface area contributed by atoms with Gasteiger partial charge in [0.15, 0.2) is 17.5 Å². The van der Waals surface area contributed by atoms with Crippen molar-refractivity contribution >= 4 is 78.7 Å². The van der Waals surface area contributed by atoms with Crippen molar-refractivity contribution < 1.29 is 8.83 Å². The molecule has 8 aromatic carbocycles. The SMILES string of the molecule is c1ccc([Si]2(c3cccc(-c4nc(-c5cccc6c5oc5ccccc56)nc(-c5cccc6c5oc5ccccc56)n4)c3)c3ccccc3-c3nc4ccccc4n32)cc1. The number of hydrogen-bond acceptors (Lipinski definition) is 6. The van der Waals surface area contributed by atoms with Crippen LogP contribution in [0, 0.1) is 0 Å². The second kappa shape index (κ2) is 12.5. The fourth-order valence-electron chi connectivity index (χ4n) is 9.55. The van der Waals surface area contributed by atoms with Crippen molar-refractivity contribution in [2.75, 3.05) is 0 Å². The highest BCUT2D eigenvalue weighted by atomic mass is 28.3. The summed E-state index contributed by atoms with van der Waals surface area (Å²) in [5.74, 6) is 2.58. The van der Waals surface area contributed by atoms with Crippen molar-refractivity contribution in [2.45, 2.75) is 0 Å². The number of aromatic nitrogens is 5. The minimum atomic E-state index is -3.01. The van der Waals surface area contributed by atoms with Crippen LogP contribution in [-0.2, 0) is 0 Å². The standard InChI is InChI=1S/C52H31N5O2Si/c1-2-16-33(17-3-1)60(46-30-11-6-21-39(46)52-53-42-26-7-8-27-43(42)57(52)60)34-18-12-15-32(31-34)49-54-50(40-24-13-22-37-35-19-4-9-28-44(35)58-47(37)40)56-51(55-49)41-25-14-23-38-36-20-5-10-29-45(36)59-48(38)41/h1-31H. The van der Waals surface area contributed by atoms with E-state index in [1.807, 2.05) is 60.7 Å². The molecule has 1 aliphatic rings. The fraction of sp³-hybridized carbons (Fsp3) is 0. The molecule has 1 atom stereocenters. The van der Waals surface area contributed by atoms with Crippen molar-refractivity contribution in [3.05, 3.63) is 188 Å². The van der Waals surface area contributed by atoms with Crippen molar-refractivity contribution in [3.63, 3.8) is 0 Å². The number of rotatable bonds is 5.